The maximum Gasteiger partial charge on any atom is 0.187 e. The number of nitrogens with one attached hydrogen (secondary N) is 1. The Morgan fingerprint density at radius 1 is 1.30 bits per heavy atom. The lowest BCUT2D eigenvalue weighted by Gasteiger charge is -2.57. The van der Waals surface area contributed by atoms with E-state index < -0.39 is 0 Å². The Hall–Kier alpha value is -2.54. The minimum atomic E-state index is -0.150. The zero-order valence-corrected chi connectivity index (χ0v) is 17.3. The van der Waals surface area contributed by atoms with Gasteiger partial charge in [0, 0.05) is 28.6 Å². The molecular formula is C23H30N4. The van der Waals surface area contributed by atoms with Gasteiger partial charge < -0.3 is 9.80 Å². The second-order valence-corrected chi connectivity index (χ2v) is 8.45. The van der Waals surface area contributed by atoms with Crippen molar-refractivity contribution < 1.29 is 0 Å². The van der Waals surface area contributed by atoms with E-state index in [1.54, 1.807) is 6.92 Å². The molecule has 142 valence electrons. The summed E-state index contributed by atoms with van der Waals surface area (Å²) in [5, 5.41) is 8.88. The fraction of sp³-hybridized carbons (Fsp3) is 0.478. The quantitative estimate of drug-likeness (QED) is 0.621. The second-order valence-electron chi connectivity index (χ2n) is 8.45. The zero-order valence-electron chi connectivity index (χ0n) is 17.3. The zero-order chi connectivity index (χ0) is 20.0. The van der Waals surface area contributed by atoms with E-state index in [0.717, 1.165) is 12.1 Å². The van der Waals surface area contributed by atoms with Gasteiger partial charge in [0.2, 0.25) is 0 Å². The Morgan fingerprint density at radius 2 is 1.96 bits per heavy atom. The second kappa shape index (κ2) is 6.56. The van der Waals surface area contributed by atoms with E-state index in [-0.39, 0.29) is 23.0 Å². The molecule has 0 spiro atoms. The first-order chi connectivity index (χ1) is 12.7. The number of allylic oxidation sites excluding steroid dienone is 1. The van der Waals surface area contributed by atoms with Crippen LogP contribution in [0.3, 0.4) is 0 Å². The smallest absolute Gasteiger partial charge is 0.187 e. The fourth-order valence-electron chi connectivity index (χ4n) is 4.71. The molecule has 1 saturated heterocycles. The Bertz CT molecular complexity index is 868. The first-order valence-electron chi connectivity index (χ1n) is 9.58. The number of anilines is 1. The van der Waals surface area contributed by atoms with Gasteiger partial charge in [0.25, 0.3) is 0 Å². The molecular weight excluding hydrogens is 332 g/mol. The number of nitrogens with zero attached hydrogens (tertiary/aromatic N) is 3. The monoisotopic (exact) mass is 362 g/mol. The van der Waals surface area contributed by atoms with Crippen LogP contribution in [0.5, 0.6) is 0 Å². The van der Waals surface area contributed by atoms with E-state index in [1.165, 1.54) is 5.56 Å². The molecule has 4 heteroatoms. The van der Waals surface area contributed by atoms with Gasteiger partial charge in [0.1, 0.15) is 6.17 Å². The number of aliphatic imine (C=N–C) groups is 1. The third kappa shape index (κ3) is 2.52. The number of para-hydroxylation sites is 1. The predicted molar refractivity (Wildman–Crippen MR) is 114 cm³/mol. The van der Waals surface area contributed by atoms with Gasteiger partial charge in [0.05, 0.1) is 0 Å². The van der Waals surface area contributed by atoms with Crippen molar-refractivity contribution in [3.63, 3.8) is 0 Å². The average Bonchev–Trinajstić information content (AvgIpc) is 2.92. The molecule has 2 heterocycles. The van der Waals surface area contributed by atoms with Crippen LogP contribution in [0.1, 0.15) is 53.5 Å². The summed E-state index contributed by atoms with van der Waals surface area (Å²) in [7, 11) is 0. The van der Waals surface area contributed by atoms with E-state index in [2.05, 4.69) is 92.2 Å². The molecule has 0 aliphatic carbocycles. The van der Waals surface area contributed by atoms with Crippen LogP contribution in [0.25, 0.3) is 0 Å². The third-order valence-corrected chi connectivity index (χ3v) is 6.41. The molecule has 2 atom stereocenters. The molecule has 4 nitrogen and oxygen atoms in total. The van der Waals surface area contributed by atoms with Gasteiger partial charge in [-0.3, -0.25) is 5.41 Å². The molecule has 0 bridgehead atoms. The van der Waals surface area contributed by atoms with Gasteiger partial charge in [-0.2, -0.15) is 4.99 Å². The van der Waals surface area contributed by atoms with Crippen LogP contribution < -0.4 is 4.90 Å². The van der Waals surface area contributed by atoms with Crippen molar-refractivity contribution in [3.8, 4) is 12.0 Å². The maximum absolute atomic E-state index is 8.88. The SMILES string of the molecule is C=CCC1(C)c2ccccc2N2/C(=N/C#CC)C(=N)N(C(C)C)C2C1(C)C. The summed E-state index contributed by atoms with van der Waals surface area (Å²) in [6, 6.07) is 11.5. The highest BCUT2D eigenvalue weighted by atomic mass is 15.5. The van der Waals surface area contributed by atoms with Crippen LogP contribution in [0, 0.1) is 22.8 Å². The highest BCUT2D eigenvalue weighted by Crippen LogP contribution is 2.57. The summed E-state index contributed by atoms with van der Waals surface area (Å²) >= 11 is 0. The Balaban J connectivity index is 2.37. The maximum atomic E-state index is 8.88. The van der Waals surface area contributed by atoms with Gasteiger partial charge in [-0.1, -0.05) is 51.0 Å². The normalized spacial score (nSPS) is 27.3. The van der Waals surface area contributed by atoms with Crippen molar-refractivity contribution in [1.82, 2.24) is 4.90 Å². The van der Waals surface area contributed by atoms with Gasteiger partial charge in [-0.05, 0) is 38.8 Å². The molecule has 2 aliphatic rings. The summed E-state index contributed by atoms with van der Waals surface area (Å²) in [6.07, 6.45) is 2.90. The van der Waals surface area contributed by atoms with Crippen LogP contribution in [0.4, 0.5) is 5.69 Å². The van der Waals surface area contributed by atoms with Crippen LogP contribution in [-0.4, -0.2) is 28.8 Å². The first-order valence-corrected chi connectivity index (χ1v) is 9.58. The molecule has 27 heavy (non-hydrogen) atoms. The van der Waals surface area contributed by atoms with Crippen molar-refractivity contribution in [3.05, 3.63) is 42.5 Å². The molecule has 0 amide bonds. The number of rotatable bonds is 3. The highest BCUT2D eigenvalue weighted by Gasteiger charge is 2.60. The van der Waals surface area contributed by atoms with Gasteiger partial charge >= 0.3 is 0 Å². The molecule has 2 unspecified atom stereocenters. The molecule has 1 aromatic rings. The summed E-state index contributed by atoms with van der Waals surface area (Å²) in [5.74, 6) is 3.93. The third-order valence-electron chi connectivity index (χ3n) is 6.41. The number of amidine groups is 2. The lowest BCUT2D eigenvalue weighted by atomic mass is 9.57. The summed E-state index contributed by atoms with van der Waals surface area (Å²) in [4.78, 5) is 8.91. The largest absolute Gasteiger partial charge is 0.330 e. The molecule has 1 aromatic carbocycles. The van der Waals surface area contributed by atoms with Crippen molar-refractivity contribution >= 4 is 17.4 Å². The number of hydrogen-bond donors (Lipinski definition) is 1. The van der Waals surface area contributed by atoms with Gasteiger partial charge in [-0.15, -0.1) is 6.58 Å². The minimum absolute atomic E-state index is 0.00209. The van der Waals surface area contributed by atoms with E-state index >= 15 is 0 Å². The minimum Gasteiger partial charge on any atom is -0.330 e. The van der Waals surface area contributed by atoms with Crippen molar-refractivity contribution in [1.29, 1.82) is 5.41 Å². The molecule has 0 aromatic heterocycles. The Morgan fingerprint density at radius 3 is 2.56 bits per heavy atom. The van der Waals surface area contributed by atoms with Crippen LogP contribution >= 0.6 is 0 Å². The fourth-order valence-corrected chi connectivity index (χ4v) is 4.71. The summed E-state index contributed by atoms with van der Waals surface area (Å²) in [5.41, 5.74) is 2.15. The van der Waals surface area contributed by atoms with Crippen LogP contribution in [0.15, 0.2) is 41.9 Å². The van der Waals surface area contributed by atoms with Crippen LogP contribution in [0.2, 0.25) is 0 Å². The van der Waals surface area contributed by atoms with E-state index in [9.17, 15) is 0 Å². The molecule has 0 saturated carbocycles. The summed E-state index contributed by atoms with van der Waals surface area (Å²) < 4.78 is 0. The number of fused-ring (bicyclic) bond motifs is 3. The van der Waals surface area contributed by atoms with Gasteiger partial charge in [0.15, 0.2) is 11.7 Å². The van der Waals surface area contributed by atoms with E-state index in [4.69, 9.17) is 5.41 Å². The Kier molecular flexibility index (Phi) is 4.67. The number of benzene rings is 1. The average molecular weight is 363 g/mol. The van der Waals surface area contributed by atoms with Crippen LogP contribution in [-0.2, 0) is 5.41 Å². The lowest BCUT2D eigenvalue weighted by Crippen LogP contribution is -2.62. The van der Waals surface area contributed by atoms with Gasteiger partial charge in [-0.25, -0.2) is 0 Å². The molecule has 1 fully saturated rings. The highest BCUT2D eigenvalue weighted by molar-refractivity contribution is 6.47. The lowest BCUT2D eigenvalue weighted by molar-refractivity contribution is 0.0549. The van der Waals surface area contributed by atoms with Crippen molar-refractivity contribution in [2.24, 2.45) is 10.4 Å². The topological polar surface area (TPSA) is 42.7 Å². The summed E-state index contributed by atoms with van der Waals surface area (Å²) in [6.45, 7) is 17.0. The molecule has 0 radical (unpaired) electrons. The molecule has 1 N–H and O–H groups in total. The predicted octanol–water partition coefficient (Wildman–Crippen LogP) is 4.77. The molecule has 3 rings (SSSR count). The first kappa shape index (κ1) is 19.2. The van der Waals surface area contributed by atoms with E-state index in [1.807, 2.05) is 6.08 Å². The standard InChI is InChI=1S/C23H30N4/c1-8-14-23(7)17-12-10-11-13-18(17)27-20(25-15-9-2)19(24)26(16(3)4)21(27)22(23,5)6/h8,10-13,16,21,24H,1,14H2,2-7H3/b24-19?,25-20+. The van der Waals surface area contributed by atoms with Crippen molar-refractivity contribution in [2.45, 2.75) is 65.6 Å². The number of hydrogen-bond acceptors (Lipinski definition) is 2. The van der Waals surface area contributed by atoms with Crippen molar-refractivity contribution in [2.75, 3.05) is 4.90 Å². The molecule has 2 aliphatic heterocycles. The van der Waals surface area contributed by atoms with E-state index in [0.29, 0.717) is 11.7 Å². The Labute approximate surface area is 163 Å².